The maximum atomic E-state index is 5.72. The van der Waals surface area contributed by atoms with Crippen LogP contribution in [0.1, 0.15) is 0 Å². The van der Waals surface area contributed by atoms with E-state index in [2.05, 4.69) is 17.6 Å². The molecule has 2 rings (SSSR count). The molecule has 0 aliphatic carbocycles. The van der Waals surface area contributed by atoms with Crippen molar-refractivity contribution in [3.8, 4) is 0 Å². The van der Waals surface area contributed by atoms with Gasteiger partial charge in [-0.3, -0.25) is 0 Å². The third-order valence-corrected chi connectivity index (χ3v) is 2.76. The third kappa shape index (κ3) is 1.36. The number of thiazole rings is 1. The molecule has 56 valence electrons. The molecular weight excluding hydrogens is 198 g/mol. The molecular formula is C7H4ClNS2. The average molecular weight is 202 g/mol. The van der Waals surface area contributed by atoms with E-state index >= 15 is 0 Å². The fourth-order valence-corrected chi connectivity index (χ4v) is 2.10. The summed E-state index contributed by atoms with van der Waals surface area (Å²) in [5, 5.41) is 0. The first kappa shape index (κ1) is 7.40. The van der Waals surface area contributed by atoms with Crippen molar-refractivity contribution in [2.75, 3.05) is 0 Å². The molecule has 1 nitrogen and oxygen atoms in total. The van der Waals surface area contributed by atoms with Gasteiger partial charge >= 0.3 is 0 Å². The normalized spacial score (nSPS) is 10.7. The Balaban J connectivity index is 2.82. The monoisotopic (exact) mass is 201 g/mol. The predicted octanol–water partition coefficient (Wildman–Crippen LogP) is 3.24. The summed E-state index contributed by atoms with van der Waals surface area (Å²) >= 11 is 11.4. The summed E-state index contributed by atoms with van der Waals surface area (Å²) in [6.07, 6.45) is 0. The fraction of sp³-hybridized carbons (Fsp3) is 0. The van der Waals surface area contributed by atoms with Gasteiger partial charge < -0.3 is 0 Å². The number of aromatic nitrogens is 1. The lowest BCUT2D eigenvalue weighted by Gasteiger charge is -1.87. The van der Waals surface area contributed by atoms with Gasteiger partial charge in [0.2, 0.25) is 0 Å². The molecule has 2 aromatic rings. The molecule has 0 aliphatic heterocycles. The highest BCUT2D eigenvalue weighted by atomic mass is 35.5. The molecule has 0 saturated carbocycles. The summed E-state index contributed by atoms with van der Waals surface area (Å²) in [6.45, 7) is 0. The van der Waals surface area contributed by atoms with E-state index in [0.717, 1.165) is 15.1 Å². The van der Waals surface area contributed by atoms with Crippen molar-refractivity contribution >= 4 is 45.8 Å². The molecule has 0 radical (unpaired) electrons. The quantitative estimate of drug-likeness (QED) is 0.646. The summed E-state index contributed by atoms with van der Waals surface area (Å²) < 4.78 is 1.69. The van der Waals surface area contributed by atoms with Gasteiger partial charge in [0.25, 0.3) is 0 Å². The molecule has 11 heavy (non-hydrogen) atoms. The van der Waals surface area contributed by atoms with Crippen molar-refractivity contribution in [3.05, 3.63) is 22.7 Å². The molecule has 0 spiro atoms. The molecule has 1 aromatic heterocycles. The molecule has 1 heterocycles. The van der Waals surface area contributed by atoms with Crippen molar-refractivity contribution in [3.63, 3.8) is 0 Å². The van der Waals surface area contributed by atoms with E-state index < -0.39 is 0 Å². The zero-order chi connectivity index (χ0) is 7.84. The zero-order valence-corrected chi connectivity index (χ0v) is 7.88. The summed E-state index contributed by atoms with van der Waals surface area (Å²) in [6, 6.07) is 5.81. The third-order valence-electron chi connectivity index (χ3n) is 1.35. The lowest BCUT2D eigenvalue weighted by atomic mass is 10.3. The molecule has 0 fully saturated rings. The van der Waals surface area contributed by atoms with Crippen molar-refractivity contribution in [2.24, 2.45) is 0 Å². The van der Waals surface area contributed by atoms with Crippen LogP contribution in [0.2, 0.25) is 4.47 Å². The van der Waals surface area contributed by atoms with E-state index in [1.807, 2.05) is 18.2 Å². The SMILES string of the molecule is Sc1ccc2sc(Cl)nc2c1. The second-order valence-corrected chi connectivity index (χ2v) is 4.25. The second-order valence-electron chi connectivity index (χ2n) is 2.12. The van der Waals surface area contributed by atoms with Crippen LogP contribution in [0.15, 0.2) is 23.1 Å². The minimum Gasteiger partial charge on any atom is -0.225 e. The number of benzene rings is 1. The number of nitrogens with zero attached hydrogens (tertiary/aromatic N) is 1. The second kappa shape index (κ2) is 2.66. The van der Waals surface area contributed by atoms with Crippen LogP contribution in [0.3, 0.4) is 0 Å². The highest BCUT2D eigenvalue weighted by molar-refractivity contribution is 7.80. The molecule has 0 amide bonds. The van der Waals surface area contributed by atoms with Crippen LogP contribution in [0.25, 0.3) is 10.2 Å². The largest absolute Gasteiger partial charge is 0.225 e. The Labute approximate surface area is 78.4 Å². The summed E-state index contributed by atoms with van der Waals surface area (Å²) in [5.41, 5.74) is 0.924. The first-order chi connectivity index (χ1) is 5.25. The first-order valence-corrected chi connectivity index (χ1v) is 4.65. The first-order valence-electron chi connectivity index (χ1n) is 3.01. The molecule has 0 atom stereocenters. The van der Waals surface area contributed by atoms with Gasteiger partial charge in [-0.15, -0.1) is 24.0 Å². The van der Waals surface area contributed by atoms with E-state index in [1.54, 1.807) is 0 Å². The minimum absolute atomic E-state index is 0.582. The Morgan fingerprint density at radius 3 is 3.09 bits per heavy atom. The summed E-state index contributed by atoms with van der Waals surface area (Å²) in [4.78, 5) is 5.03. The van der Waals surface area contributed by atoms with E-state index in [9.17, 15) is 0 Å². The Morgan fingerprint density at radius 2 is 2.27 bits per heavy atom. The maximum absolute atomic E-state index is 5.72. The number of rotatable bonds is 0. The van der Waals surface area contributed by atoms with Gasteiger partial charge in [0, 0.05) is 4.90 Å². The molecule has 0 saturated heterocycles. The van der Waals surface area contributed by atoms with Gasteiger partial charge in [-0.2, -0.15) is 0 Å². The Bertz CT molecular complexity index is 396. The van der Waals surface area contributed by atoms with Gasteiger partial charge in [0.15, 0.2) is 4.47 Å². The lowest BCUT2D eigenvalue weighted by molar-refractivity contribution is 1.44. The van der Waals surface area contributed by atoms with Crippen LogP contribution >= 0.6 is 35.6 Å². The molecule has 0 bridgehead atoms. The predicted molar refractivity (Wildman–Crippen MR) is 51.9 cm³/mol. The molecule has 0 aliphatic rings. The van der Waals surface area contributed by atoms with Gasteiger partial charge in [-0.1, -0.05) is 11.6 Å². The van der Waals surface area contributed by atoms with E-state index in [-0.39, 0.29) is 0 Å². The van der Waals surface area contributed by atoms with Crippen LogP contribution in [0.4, 0.5) is 0 Å². The van der Waals surface area contributed by atoms with Crippen LogP contribution in [0.5, 0.6) is 0 Å². The smallest absolute Gasteiger partial charge is 0.184 e. The van der Waals surface area contributed by atoms with E-state index in [4.69, 9.17) is 11.6 Å². The Kier molecular flexibility index (Phi) is 1.79. The van der Waals surface area contributed by atoms with Crippen molar-refractivity contribution in [1.82, 2.24) is 4.98 Å². The standard InChI is InChI=1S/C7H4ClNS2/c8-7-9-5-3-4(10)1-2-6(5)11-7/h1-3,10H. The topological polar surface area (TPSA) is 12.9 Å². The van der Waals surface area contributed by atoms with Crippen LogP contribution in [-0.2, 0) is 0 Å². The lowest BCUT2D eigenvalue weighted by Crippen LogP contribution is -1.67. The highest BCUT2D eigenvalue weighted by Gasteiger charge is 1.99. The maximum Gasteiger partial charge on any atom is 0.184 e. The minimum atomic E-state index is 0.582. The number of fused-ring (bicyclic) bond motifs is 1. The molecule has 0 N–H and O–H groups in total. The number of hydrogen-bond donors (Lipinski definition) is 1. The number of hydrogen-bond acceptors (Lipinski definition) is 3. The Hall–Kier alpha value is -0.250. The Morgan fingerprint density at radius 1 is 1.45 bits per heavy atom. The van der Waals surface area contributed by atoms with Gasteiger partial charge in [0.05, 0.1) is 10.2 Å². The average Bonchev–Trinajstić information content (AvgIpc) is 2.27. The van der Waals surface area contributed by atoms with Crippen molar-refractivity contribution < 1.29 is 0 Å². The van der Waals surface area contributed by atoms with Crippen molar-refractivity contribution in [2.45, 2.75) is 4.90 Å². The highest BCUT2D eigenvalue weighted by Crippen LogP contribution is 2.26. The van der Waals surface area contributed by atoms with Crippen LogP contribution in [0, 0.1) is 0 Å². The number of thiol groups is 1. The zero-order valence-electron chi connectivity index (χ0n) is 5.41. The van der Waals surface area contributed by atoms with E-state index in [0.29, 0.717) is 4.47 Å². The number of halogens is 1. The molecule has 0 unspecified atom stereocenters. The van der Waals surface area contributed by atoms with E-state index in [1.165, 1.54) is 11.3 Å². The van der Waals surface area contributed by atoms with Gasteiger partial charge in [0.1, 0.15) is 0 Å². The summed E-state index contributed by atoms with van der Waals surface area (Å²) in [5.74, 6) is 0. The summed E-state index contributed by atoms with van der Waals surface area (Å²) in [7, 11) is 0. The van der Waals surface area contributed by atoms with Gasteiger partial charge in [-0.25, -0.2) is 4.98 Å². The fourth-order valence-electron chi connectivity index (χ4n) is 0.888. The van der Waals surface area contributed by atoms with Gasteiger partial charge in [-0.05, 0) is 18.2 Å². The van der Waals surface area contributed by atoms with Crippen molar-refractivity contribution in [1.29, 1.82) is 0 Å². The molecule has 4 heteroatoms. The molecule has 1 aromatic carbocycles. The van der Waals surface area contributed by atoms with Crippen LogP contribution < -0.4 is 0 Å². The van der Waals surface area contributed by atoms with Crippen LogP contribution in [-0.4, -0.2) is 4.98 Å².